The van der Waals surface area contributed by atoms with Crippen LogP contribution in [0.5, 0.6) is 17.2 Å². The quantitative estimate of drug-likeness (QED) is 0.660. The molecular formula is C19H12ClFN2O4. The van der Waals surface area contributed by atoms with Crippen molar-refractivity contribution in [2.75, 3.05) is 6.61 Å². The van der Waals surface area contributed by atoms with E-state index in [1.165, 1.54) is 30.3 Å². The van der Waals surface area contributed by atoms with Crippen LogP contribution < -0.4 is 4.74 Å². The zero-order valence-electron chi connectivity index (χ0n) is 14.0. The van der Waals surface area contributed by atoms with Gasteiger partial charge in [0.15, 0.2) is 11.4 Å². The number of carbonyl (C=O) groups excluding carboxylic acids is 1. The summed E-state index contributed by atoms with van der Waals surface area (Å²) in [5.41, 5.74) is -0.440. The van der Waals surface area contributed by atoms with E-state index in [2.05, 4.69) is 4.98 Å². The van der Waals surface area contributed by atoms with Gasteiger partial charge in [0.25, 0.3) is 0 Å². The lowest BCUT2D eigenvalue weighted by molar-refractivity contribution is 0.0516. The van der Waals surface area contributed by atoms with E-state index in [9.17, 15) is 19.6 Å². The van der Waals surface area contributed by atoms with Crippen molar-refractivity contribution >= 4 is 28.3 Å². The standard InChI is InChI=1S/C19H12ClFN2O4/c1-2-26-19(25)17-18(24)12-5-4-11(8-13(12)15(9-22)23-17)27-16-7-10(21)3-6-14(16)20/h3-8,24H,2H2,1H3. The molecule has 2 aromatic carbocycles. The van der Waals surface area contributed by atoms with Crippen molar-refractivity contribution in [2.45, 2.75) is 6.92 Å². The molecule has 0 saturated carbocycles. The summed E-state index contributed by atoms with van der Waals surface area (Å²) in [5.74, 6) is -1.42. The van der Waals surface area contributed by atoms with E-state index in [0.717, 1.165) is 6.07 Å². The number of nitriles is 1. The molecule has 0 aliphatic rings. The van der Waals surface area contributed by atoms with E-state index in [1.807, 2.05) is 6.07 Å². The second-order valence-corrected chi connectivity index (χ2v) is 5.78. The molecule has 0 radical (unpaired) electrons. The molecule has 1 aromatic heterocycles. The summed E-state index contributed by atoms with van der Waals surface area (Å²) in [6, 6.07) is 9.93. The Labute approximate surface area is 158 Å². The van der Waals surface area contributed by atoms with Gasteiger partial charge in [0.05, 0.1) is 11.6 Å². The topological polar surface area (TPSA) is 92.4 Å². The van der Waals surface area contributed by atoms with Crippen LogP contribution in [0.4, 0.5) is 4.39 Å². The molecule has 6 nitrogen and oxygen atoms in total. The van der Waals surface area contributed by atoms with E-state index in [1.54, 1.807) is 6.92 Å². The predicted molar refractivity (Wildman–Crippen MR) is 95.6 cm³/mol. The molecule has 27 heavy (non-hydrogen) atoms. The SMILES string of the molecule is CCOC(=O)c1nc(C#N)c2cc(Oc3cc(F)ccc3Cl)ccc2c1O. The van der Waals surface area contributed by atoms with Crippen LogP contribution in [-0.2, 0) is 4.74 Å². The fraction of sp³-hybridized carbons (Fsp3) is 0.105. The van der Waals surface area contributed by atoms with E-state index in [-0.39, 0.29) is 45.3 Å². The number of aromatic hydroxyl groups is 1. The number of hydrogen-bond donors (Lipinski definition) is 1. The minimum atomic E-state index is -0.833. The largest absolute Gasteiger partial charge is 0.505 e. The van der Waals surface area contributed by atoms with Crippen molar-refractivity contribution in [2.24, 2.45) is 0 Å². The van der Waals surface area contributed by atoms with Crippen molar-refractivity contribution in [1.82, 2.24) is 4.98 Å². The molecule has 0 unspecified atom stereocenters. The van der Waals surface area contributed by atoms with Gasteiger partial charge < -0.3 is 14.6 Å². The van der Waals surface area contributed by atoms with Crippen molar-refractivity contribution in [1.29, 1.82) is 5.26 Å². The summed E-state index contributed by atoms with van der Waals surface area (Å²) in [7, 11) is 0. The summed E-state index contributed by atoms with van der Waals surface area (Å²) in [6.07, 6.45) is 0. The highest BCUT2D eigenvalue weighted by Gasteiger charge is 2.20. The van der Waals surface area contributed by atoms with Crippen LogP contribution in [0.2, 0.25) is 5.02 Å². The number of pyridine rings is 1. The second kappa shape index (κ2) is 7.48. The molecule has 1 heterocycles. The third-order valence-corrected chi connectivity index (χ3v) is 3.96. The fourth-order valence-corrected chi connectivity index (χ4v) is 2.61. The lowest BCUT2D eigenvalue weighted by Crippen LogP contribution is -2.09. The predicted octanol–water partition coefficient (Wildman–Crippen LogP) is 4.57. The Morgan fingerprint density at radius 3 is 2.78 bits per heavy atom. The van der Waals surface area contributed by atoms with Crippen LogP contribution in [0.15, 0.2) is 36.4 Å². The molecule has 136 valence electrons. The number of nitrogens with zero attached hydrogens (tertiary/aromatic N) is 2. The highest BCUT2D eigenvalue weighted by molar-refractivity contribution is 6.32. The molecule has 0 amide bonds. The van der Waals surface area contributed by atoms with Crippen molar-refractivity contribution in [3.8, 4) is 23.3 Å². The highest BCUT2D eigenvalue weighted by atomic mass is 35.5. The molecule has 0 fully saturated rings. The van der Waals surface area contributed by atoms with Gasteiger partial charge in [-0.3, -0.25) is 0 Å². The van der Waals surface area contributed by atoms with Crippen LogP contribution in [-0.4, -0.2) is 22.7 Å². The van der Waals surface area contributed by atoms with Crippen LogP contribution in [0.3, 0.4) is 0 Å². The third kappa shape index (κ3) is 3.61. The highest BCUT2D eigenvalue weighted by Crippen LogP contribution is 2.35. The first-order chi connectivity index (χ1) is 12.9. The molecule has 3 rings (SSSR count). The number of benzene rings is 2. The number of halogens is 2. The number of esters is 1. The van der Waals surface area contributed by atoms with Crippen molar-refractivity contribution in [3.05, 3.63) is 58.6 Å². The summed E-state index contributed by atoms with van der Waals surface area (Å²) >= 11 is 5.99. The van der Waals surface area contributed by atoms with Crippen molar-refractivity contribution in [3.63, 3.8) is 0 Å². The van der Waals surface area contributed by atoms with Crippen molar-refractivity contribution < 1.29 is 23.8 Å². The first-order valence-electron chi connectivity index (χ1n) is 7.81. The minimum Gasteiger partial charge on any atom is -0.505 e. The molecule has 0 aliphatic heterocycles. The normalized spacial score (nSPS) is 10.4. The molecule has 0 atom stereocenters. The Hall–Kier alpha value is -3.37. The average molecular weight is 387 g/mol. The Morgan fingerprint density at radius 2 is 2.07 bits per heavy atom. The Balaban J connectivity index is 2.10. The lowest BCUT2D eigenvalue weighted by atomic mass is 10.1. The van der Waals surface area contributed by atoms with Gasteiger partial charge in [-0.05, 0) is 37.3 Å². The van der Waals surface area contributed by atoms with E-state index >= 15 is 0 Å². The van der Waals surface area contributed by atoms with Gasteiger partial charge in [0.1, 0.15) is 29.1 Å². The number of rotatable bonds is 4. The maximum atomic E-state index is 13.4. The Bertz CT molecular complexity index is 1100. The zero-order chi connectivity index (χ0) is 19.6. The molecule has 0 saturated heterocycles. The summed E-state index contributed by atoms with van der Waals surface area (Å²) in [4.78, 5) is 15.8. The van der Waals surface area contributed by atoms with Crippen LogP contribution >= 0.6 is 11.6 Å². The van der Waals surface area contributed by atoms with Crippen LogP contribution in [0, 0.1) is 17.1 Å². The Kier molecular flexibility index (Phi) is 5.10. The van der Waals surface area contributed by atoms with Gasteiger partial charge in [0.2, 0.25) is 0 Å². The van der Waals surface area contributed by atoms with Gasteiger partial charge in [-0.25, -0.2) is 14.2 Å². The number of ether oxygens (including phenoxy) is 2. The first kappa shape index (κ1) is 18.4. The molecule has 0 spiro atoms. The van der Waals surface area contributed by atoms with Gasteiger partial charge in [-0.1, -0.05) is 11.6 Å². The zero-order valence-corrected chi connectivity index (χ0v) is 14.7. The van der Waals surface area contributed by atoms with Gasteiger partial charge in [-0.2, -0.15) is 5.26 Å². The maximum Gasteiger partial charge on any atom is 0.360 e. The first-order valence-corrected chi connectivity index (χ1v) is 8.19. The number of carbonyl (C=O) groups is 1. The Morgan fingerprint density at radius 1 is 1.30 bits per heavy atom. The monoisotopic (exact) mass is 386 g/mol. The maximum absolute atomic E-state index is 13.4. The van der Waals surface area contributed by atoms with Gasteiger partial charge in [0, 0.05) is 16.8 Å². The number of hydrogen-bond acceptors (Lipinski definition) is 6. The average Bonchev–Trinajstić information content (AvgIpc) is 2.65. The number of fused-ring (bicyclic) bond motifs is 1. The summed E-state index contributed by atoms with van der Waals surface area (Å²) < 4.78 is 23.8. The van der Waals surface area contributed by atoms with E-state index in [0.29, 0.717) is 0 Å². The van der Waals surface area contributed by atoms with E-state index in [4.69, 9.17) is 21.1 Å². The second-order valence-electron chi connectivity index (χ2n) is 5.37. The molecule has 3 aromatic rings. The van der Waals surface area contributed by atoms with Gasteiger partial charge in [-0.15, -0.1) is 0 Å². The van der Waals surface area contributed by atoms with Crippen LogP contribution in [0.1, 0.15) is 23.1 Å². The smallest absolute Gasteiger partial charge is 0.360 e. The van der Waals surface area contributed by atoms with Crippen LogP contribution in [0.25, 0.3) is 10.8 Å². The van der Waals surface area contributed by atoms with Gasteiger partial charge >= 0.3 is 5.97 Å². The summed E-state index contributed by atoms with van der Waals surface area (Å²) in [6.45, 7) is 1.71. The lowest BCUT2D eigenvalue weighted by Gasteiger charge is -2.11. The minimum absolute atomic E-state index is 0.0925. The molecular weight excluding hydrogens is 375 g/mol. The third-order valence-electron chi connectivity index (χ3n) is 3.64. The molecule has 0 aliphatic carbocycles. The summed E-state index contributed by atoms with van der Waals surface area (Å²) in [5, 5.41) is 20.4. The molecule has 0 bridgehead atoms. The number of aromatic nitrogens is 1. The van der Waals surface area contributed by atoms with E-state index < -0.39 is 17.5 Å². The fourth-order valence-electron chi connectivity index (χ4n) is 2.45. The molecule has 8 heteroatoms. The molecule has 1 N–H and O–H groups in total.